The molecule has 1 aliphatic rings. The van der Waals surface area contributed by atoms with Crippen LogP contribution in [0, 0.1) is 16.7 Å². The first-order valence-electron chi connectivity index (χ1n) is 10.7. The van der Waals surface area contributed by atoms with Gasteiger partial charge in [0, 0.05) is 41.1 Å². The summed E-state index contributed by atoms with van der Waals surface area (Å²) in [5, 5.41) is 27.0. The number of aromatic nitrogens is 2. The molecule has 0 radical (unpaired) electrons. The zero-order valence-corrected chi connectivity index (χ0v) is 17.9. The van der Waals surface area contributed by atoms with Crippen molar-refractivity contribution in [2.75, 3.05) is 11.1 Å². The molecule has 3 aromatic carbocycles. The second-order valence-electron chi connectivity index (χ2n) is 8.37. The molecule has 158 valence electrons. The molecule has 0 saturated carbocycles. The highest BCUT2D eigenvalue weighted by molar-refractivity contribution is 6.15. The van der Waals surface area contributed by atoms with Crippen LogP contribution < -0.4 is 11.1 Å². The van der Waals surface area contributed by atoms with Gasteiger partial charge in [-0.15, -0.1) is 0 Å². The number of nitrogens with two attached hydrogens (primary N) is 1. The van der Waals surface area contributed by atoms with Gasteiger partial charge in [-0.2, -0.15) is 10.4 Å². The quantitative estimate of drug-likeness (QED) is 0.321. The van der Waals surface area contributed by atoms with Crippen molar-refractivity contribution in [1.82, 2.24) is 9.78 Å². The minimum absolute atomic E-state index is 0.170. The lowest BCUT2D eigenvalue weighted by atomic mass is 9.86. The second-order valence-corrected chi connectivity index (χ2v) is 8.37. The van der Waals surface area contributed by atoms with Gasteiger partial charge < -0.3 is 11.1 Å². The first-order chi connectivity index (χ1) is 15.5. The van der Waals surface area contributed by atoms with Gasteiger partial charge in [-0.1, -0.05) is 12.1 Å². The summed E-state index contributed by atoms with van der Waals surface area (Å²) in [6, 6.07) is 20.0. The number of anilines is 2. The lowest BCUT2D eigenvalue weighted by Crippen LogP contribution is -2.18. The third kappa shape index (κ3) is 3.58. The van der Waals surface area contributed by atoms with Crippen molar-refractivity contribution >= 4 is 28.0 Å². The number of nitriles is 1. The maximum Gasteiger partial charge on any atom is 0.0991 e. The highest BCUT2D eigenvalue weighted by atomic mass is 15.2. The van der Waals surface area contributed by atoms with E-state index in [1.807, 2.05) is 61.8 Å². The molecule has 0 spiro atoms. The molecule has 0 amide bonds. The molecular formula is C26H24N6. The highest BCUT2D eigenvalue weighted by Crippen LogP contribution is 2.34. The van der Waals surface area contributed by atoms with Gasteiger partial charge in [0.1, 0.15) is 0 Å². The Balaban J connectivity index is 1.44. The summed E-state index contributed by atoms with van der Waals surface area (Å²) in [6.07, 6.45) is 5.04. The van der Waals surface area contributed by atoms with E-state index in [1.165, 1.54) is 11.1 Å². The summed E-state index contributed by atoms with van der Waals surface area (Å²) in [6.45, 7) is 0. The molecule has 4 N–H and O–H groups in total. The van der Waals surface area contributed by atoms with Crippen LogP contribution in [0.3, 0.4) is 0 Å². The van der Waals surface area contributed by atoms with Crippen LogP contribution in [0.2, 0.25) is 0 Å². The van der Waals surface area contributed by atoms with Crippen LogP contribution in [0.25, 0.3) is 10.9 Å². The molecule has 0 fully saturated rings. The third-order valence-electron chi connectivity index (χ3n) is 6.16. The van der Waals surface area contributed by atoms with E-state index < -0.39 is 0 Å². The topological polar surface area (TPSA) is 104 Å². The van der Waals surface area contributed by atoms with E-state index in [2.05, 4.69) is 22.6 Å². The van der Waals surface area contributed by atoms with Crippen molar-refractivity contribution in [3.05, 3.63) is 88.6 Å². The monoisotopic (exact) mass is 420 g/mol. The Labute approximate surface area is 186 Å². The molecule has 1 aromatic heterocycles. The van der Waals surface area contributed by atoms with Crippen LogP contribution in [0.4, 0.5) is 11.4 Å². The van der Waals surface area contributed by atoms with Gasteiger partial charge in [-0.05, 0) is 72.9 Å². The van der Waals surface area contributed by atoms with Crippen molar-refractivity contribution in [2.45, 2.75) is 25.3 Å². The average Bonchev–Trinajstić information content (AvgIpc) is 3.18. The third-order valence-corrected chi connectivity index (χ3v) is 6.16. The Morgan fingerprint density at radius 3 is 2.91 bits per heavy atom. The number of fused-ring (bicyclic) bond motifs is 2. The van der Waals surface area contributed by atoms with Gasteiger partial charge >= 0.3 is 0 Å². The van der Waals surface area contributed by atoms with Gasteiger partial charge in [-0.3, -0.25) is 10.1 Å². The van der Waals surface area contributed by atoms with E-state index in [-0.39, 0.29) is 6.04 Å². The summed E-state index contributed by atoms with van der Waals surface area (Å²) in [5.41, 5.74) is 13.8. The van der Waals surface area contributed by atoms with Crippen LogP contribution in [-0.2, 0) is 13.5 Å². The summed E-state index contributed by atoms with van der Waals surface area (Å²) in [5.74, 6) is 0. The van der Waals surface area contributed by atoms with Crippen LogP contribution >= 0.6 is 0 Å². The fourth-order valence-corrected chi connectivity index (χ4v) is 4.56. The predicted molar refractivity (Wildman–Crippen MR) is 128 cm³/mol. The van der Waals surface area contributed by atoms with Crippen molar-refractivity contribution < 1.29 is 0 Å². The fraction of sp³-hybridized carbons (Fsp3) is 0.192. The van der Waals surface area contributed by atoms with Crippen LogP contribution in [-0.4, -0.2) is 15.5 Å². The molecule has 1 heterocycles. The highest BCUT2D eigenvalue weighted by Gasteiger charge is 2.21. The molecule has 6 nitrogen and oxygen atoms in total. The van der Waals surface area contributed by atoms with E-state index in [9.17, 15) is 5.26 Å². The number of nitrogens with zero attached hydrogens (tertiary/aromatic N) is 3. The Hall–Kier alpha value is -4.11. The van der Waals surface area contributed by atoms with E-state index in [0.717, 1.165) is 41.4 Å². The summed E-state index contributed by atoms with van der Waals surface area (Å²) < 4.78 is 1.78. The van der Waals surface area contributed by atoms with Gasteiger partial charge in [0.15, 0.2) is 0 Å². The smallest absolute Gasteiger partial charge is 0.0991 e. The Morgan fingerprint density at radius 2 is 2.06 bits per heavy atom. The van der Waals surface area contributed by atoms with Crippen LogP contribution in [0.1, 0.15) is 46.7 Å². The molecule has 32 heavy (non-hydrogen) atoms. The second kappa shape index (κ2) is 7.86. The Kier molecular flexibility index (Phi) is 4.87. The van der Waals surface area contributed by atoms with Gasteiger partial charge in [0.25, 0.3) is 0 Å². The fourth-order valence-electron chi connectivity index (χ4n) is 4.56. The Morgan fingerprint density at radius 1 is 1.19 bits per heavy atom. The first kappa shape index (κ1) is 19.8. The van der Waals surface area contributed by atoms with Crippen LogP contribution in [0.15, 0.2) is 60.8 Å². The number of rotatable bonds is 4. The van der Waals surface area contributed by atoms with E-state index in [0.29, 0.717) is 22.5 Å². The van der Waals surface area contributed by atoms with Crippen molar-refractivity contribution in [1.29, 1.82) is 10.7 Å². The van der Waals surface area contributed by atoms with Crippen molar-refractivity contribution in [3.63, 3.8) is 0 Å². The zero-order chi connectivity index (χ0) is 22.2. The largest absolute Gasteiger partial charge is 0.398 e. The lowest BCUT2D eigenvalue weighted by Gasteiger charge is -2.27. The number of aryl methyl sites for hydroxylation is 2. The number of hydrogen-bond donors (Lipinski definition) is 3. The summed E-state index contributed by atoms with van der Waals surface area (Å²) in [4.78, 5) is 0. The predicted octanol–water partition coefficient (Wildman–Crippen LogP) is 4.93. The minimum Gasteiger partial charge on any atom is -0.398 e. The molecule has 0 bridgehead atoms. The molecule has 5 rings (SSSR count). The normalized spacial score (nSPS) is 15.2. The molecular weight excluding hydrogens is 396 g/mol. The molecule has 1 unspecified atom stereocenters. The zero-order valence-electron chi connectivity index (χ0n) is 17.9. The maximum atomic E-state index is 9.20. The number of nitrogens with one attached hydrogen (secondary N) is 2. The summed E-state index contributed by atoms with van der Waals surface area (Å²) in [7, 11) is 1.89. The SMILES string of the molecule is Cn1cc2cc(C(=N)c3cc(NC4CCCc5cc(C#N)ccc54)ccc3N)ccc2n1. The van der Waals surface area contributed by atoms with E-state index >= 15 is 0 Å². The first-order valence-corrected chi connectivity index (χ1v) is 10.7. The van der Waals surface area contributed by atoms with Crippen molar-refractivity contribution in [3.8, 4) is 6.07 Å². The number of hydrogen-bond acceptors (Lipinski definition) is 5. The Bertz CT molecular complexity index is 1390. The maximum absolute atomic E-state index is 9.20. The molecule has 1 atom stereocenters. The van der Waals surface area contributed by atoms with Crippen molar-refractivity contribution in [2.24, 2.45) is 7.05 Å². The standard InChI is InChI=1S/C26H24N6/c1-32-15-19-12-18(6-10-24(19)31-32)26(29)22-13-20(7-9-23(22)28)30-25-4-2-3-17-11-16(14-27)5-8-21(17)25/h5-13,15,25,29-30H,2-4,28H2,1H3. The minimum atomic E-state index is 0.170. The lowest BCUT2D eigenvalue weighted by molar-refractivity contribution is 0.600. The number of benzene rings is 3. The van der Waals surface area contributed by atoms with Gasteiger partial charge in [-0.25, -0.2) is 0 Å². The molecule has 1 aliphatic carbocycles. The summed E-state index contributed by atoms with van der Waals surface area (Å²) >= 11 is 0. The molecule has 0 saturated heterocycles. The van der Waals surface area contributed by atoms with E-state index in [1.54, 1.807) is 4.68 Å². The number of nitrogen functional groups attached to an aromatic ring is 1. The van der Waals surface area contributed by atoms with Crippen LogP contribution in [0.5, 0.6) is 0 Å². The molecule has 0 aliphatic heterocycles. The van der Waals surface area contributed by atoms with E-state index in [4.69, 9.17) is 11.1 Å². The average molecular weight is 421 g/mol. The molecule has 6 heteroatoms. The molecule has 4 aromatic rings. The van der Waals surface area contributed by atoms with Gasteiger partial charge in [0.2, 0.25) is 0 Å². The van der Waals surface area contributed by atoms with Gasteiger partial charge in [0.05, 0.1) is 28.9 Å².